The van der Waals surface area contributed by atoms with E-state index in [1.807, 2.05) is 0 Å². The summed E-state index contributed by atoms with van der Waals surface area (Å²) in [5.41, 5.74) is 0. The van der Waals surface area contributed by atoms with Gasteiger partial charge in [-0.1, -0.05) is 0 Å². The van der Waals surface area contributed by atoms with Gasteiger partial charge in [-0.15, -0.1) is 0 Å². The zero-order chi connectivity index (χ0) is 8.97. The van der Waals surface area contributed by atoms with Crippen molar-refractivity contribution in [2.45, 2.75) is 45.4 Å². The second-order valence-corrected chi connectivity index (χ2v) is 3.74. The lowest BCUT2D eigenvalue weighted by molar-refractivity contribution is -0.117. The van der Waals surface area contributed by atoms with Crippen LogP contribution >= 0.6 is 0 Å². The maximum absolute atomic E-state index is 10.9. The van der Waals surface area contributed by atoms with Gasteiger partial charge in [-0.25, -0.2) is 0 Å². The van der Waals surface area contributed by atoms with Crippen LogP contribution in [0.2, 0.25) is 0 Å². The van der Waals surface area contributed by atoms with E-state index in [9.17, 15) is 9.59 Å². The van der Waals surface area contributed by atoms with E-state index < -0.39 is 0 Å². The molecular formula is C10H16O2. The van der Waals surface area contributed by atoms with E-state index in [0.29, 0.717) is 18.1 Å². The monoisotopic (exact) mass is 168 g/mol. The summed E-state index contributed by atoms with van der Waals surface area (Å²) in [4.78, 5) is 21.5. The first kappa shape index (κ1) is 9.43. The van der Waals surface area contributed by atoms with Crippen LogP contribution in [-0.2, 0) is 9.59 Å². The fraction of sp³-hybridized carbons (Fsp3) is 0.800. The zero-order valence-corrected chi connectivity index (χ0v) is 7.64. The van der Waals surface area contributed by atoms with Gasteiger partial charge in [0, 0.05) is 19.3 Å². The van der Waals surface area contributed by atoms with Crippen molar-refractivity contribution in [3.05, 3.63) is 0 Å². The summed E-state index contributed by atoms with van der Waals surface area (Å²) in [6.45, 7) is 1.62. The molecule has 1 rings (SSSR count). The van der Waals surface area contributed by atoms with Crippen molar-refractivity contribution in [2.75, 3.05) is 0 Å². The van der Waals surface area contributed by atoms with E-state index in [4.69, 9.17) is 0 Å². The van der Waals surface area contributed by atoms with Crippen molar-refractivity contribution >= 4 is 11.6 Å². The molecule has 0 aromatic rings. The molecule has 2 nitrogen and oxygen atoms in total. The molecule has 1 atom stereocenters. The van der Waals surface area contributed by atoms with Gasteiger partial charge in [-0.05, 0) is 32.1 Å². The Balaban J connectivity index is 2.08. The maximum atomic E-state index is 10.9. The second kappa shape index (κ2) is 4.39. The largest absolute Gasteiger partial charge is 0.300 e. The lowest BCUT2D eigenvalue weighted by Gasteiger charge is -2.05. The molecule has 12 heavy (non-hydrogen) atoms. The summed E-state index contributed by atoms with van der Waals surface area (Å²) in [5, 5.41) is 0. The highest BCUT2D eigenvalue weighted by molar-refractivity contribution is 5.80. The highest BCUT2D eigenvalue weighted by Gasteiger charge is 2.21. The first-order valence-corrected chi connectivity index (χ1v) is 4.69. The molecule has 0 amide bonds. The molecule has 0 heterocycles. The maximum Gasteiger partial charge on any atom is 0.133 e. The Labute approximate surface area is 73.3 Å². The molecule has 0 N–H and O–H groups in total. The molecule has 1 saturated carbocycles. The quantitative estimate of drug-likeness (QED) is 0.644. The van der Waals surface area contributed by atoms with Crippen LogP contribution in [-0.4, -0.2) is 11.6 Å². The Morgan fingerprint density at radius 1 is 1.58 bits per heavy atom. The Morgan fingerprint density at radius 3 is 2.83 bits per heavy atom. The fourth-order valence-corrected chi connectivity index (χ4v) is 1.78. The molecular weight excluding hydrogens is 152 g/mol. The Hall–Kier alpha value is -0.660. The van der Waals surface area contributed by atoms with E-state index in [1.165, 1.54) is 0 Å². The molecule has 0 aromatic carbocycles. The molecule has 1 fully saturated rings. The number of ketones is 2. The smallest absolute Gasteiger partial charge is 0.133 e. The molecule has 1 aliphatic rings. The van der Waals surface area contributed by atoms with Gasteiger partial charge in [0.2, 0.25) is 0 Å². The van der Waals surface area contributed by atoms with Crippen LogP contribution in [0, 0.1) is 5.92 Å². The zero-order valence-electron chi connectivity index (χ0n) is 7.64. The lowest BCUT2D eigenvalue weighted by atomic mass is 10.00. The van der Waals surface area contributed by atoms with E-state index in [1.54, 1.807) is 6.92 Å². The molecule has 2 heteroatoms. The topological polar surface area (TPSA) is 34.1 Å². The Morgan fingerprint density at radius 2 is 2.33 bits per heavy atom. The highest BCUT2D eigenvalue weighted by atomic mass is 16.1. The van der Waals surface area contributed by atoms with Crippen LogP contribution in [0.4, 0.5) is 0 Å². The molecule has 0 aromatic heterocycles. The minimum atomic E-state index is 0.263. The number of rotatable bonds is 4. The molecule has 1 unspecified atom stereocenters. The van der Waals surface area contributed by atoms with Crippen molar-refractivity contribution in [2.24, 2.45) is 5.92 Å². The third-order valence-electron chi connectivity index (χ3n) is 2.49. The molecule has 68 valence electrons. The van der Waals surface area contributed by atoms with Crippen molar-refractivity contribution < 1.29 is 9.59 Å². The van der Waals surface area contributed by atoms with Crippen molar-refractivity contribution in [1.82, 2.24) is 0 Å². The van der Waals surface area contributed by atoms with Crippen LogP contribution in [0.25, 0.3) is 0 Å². The Kier molecular flexibility index (Phi) is 3.45. The average molecular weight is 168 g/mol. The summed E-state index contributed by atoms with van der Waals surface area (Å²) in [6.07, 6.45) is 5.29. The molecule has 0 saturated heterocycles. The third-order valence-corrected chi connectivity index (χ3v) is 2.49. The van der Waals surface area contributed by atoms with Gasteiger partial charge in [0.1, 0.15) is 11.6 Å². The fourth-order valence-electron chi connectivity index (χ4n) is 1.78. The van der Waals surface area contributed by atoms with Gasteiger partial charge < -0.3 is 4.79 Å². The van der Waals surface area contributed by atoms with E-state index in [2.05, 4.69) is 0 Å². The Bertz CT molecular complexity index is 184. The average Bonchev–Trinajstić information content (AvgIpc) is 2.35. The summed E-state index contributed by atoms with van der Waals surface area (Å²) in [7, 11) is 0. The van der Waals surface area contributed by atoms with Gasteiger partial charge in [0.15, 0.2) is 0 Å². The predicted octanol–water partition coefficient (Wildman–Crippen LogP) is 2.11. The molecule has 0 aliphatic heterocycles. The second-order valence-electron chi connectivity index (χ2n) is 3.74. The minimum Gasteiger partial charge on any atom is -0.300 e. The molecule has 1 aliphatic carbocycles. The van der Waals surface area contributed by atoms with Crippen LogP contribution in [0.1, 0.15) is 45.4 Å². The van der Waals surface area contributed by atoms with Gasteiger partial charge in [0.05, 0.1) is 0 Å². The van der Waals surface area contributed by atoms with Crippen molar-refractivity contribution in [3.8, 4) is 0 Å². The van der Waals surface area contributed by atoms with Gasteiger partial charge >= 0.3 is 0 Å². The first-order chi connectivity index (χ1) is 5.68. The van der Waals surface area contributed by atoms with E-state index >= 15 is 0 Å². The van der Waals surface area contributed by atoms with Crippen LogP contribution in [0.15, 0.2) is 0 Å². The molecule has 0 spiro atoms. The van der Waals surface area contributed by atoms with Crippen LogP contribution in [0.3, 0.4) is 0 Å². The number of hydrogen-bond donors (Lipinski definition) is 0. The summed E-state index contributed by atoms with van der Waals surface area (Å²) < 4.78 is 0. The van der Waals surface area contributed by atoms with Crippen molar-refractivity contribution in [1.29, 1.82) is 0 Å². The highest BCUT2D eigenvalue weighted by Crippen LogP contribution is 2.26. The van der Waals surface area contributed by atoms with Gasteiger partial charge in [-0.3, -0.25) is 4.79 Å². The number of carbonyl (C=O) groups is 2. The van der Waals surface area contributed by atoms with Gasteiger partial charge in [0.25, 0.3) is 0 Å². The SMILES string of the molecule is CC(=O)CCCC1CCC(=O)C1. The number of hydrogen-bond acceptors (Lipinski definition) is 2. The lowest BCUT2D eigenvalue weighted by Crippen LogP contribution is -1.97. The molecule has 0 bridgehead atoms. The third kappa shape index (κ3) is 3.16. The van der Waals surface area contributed by atoms with Gasteiger partial charge in [-0.2, -0.15) is 0 Å². The summed E-state index contributed by atoms with van der Waals surface area (Å²) in [6, 6.07) is 0. The number of carbonyl (C=O) groups excluding carboxylic acids is 2. The van der Waals surface area contributed by atoms with E-state index in [-0.39, 0.29) is 5.78 Å². The van der Waals surface area contributed by atoms with Crippen molar-refractivity contribution in [3.63, 3.8) is 0 Å². The summed E-state index contributed by atoms with van der Waals surface area (Å²) >= 11 is 0. The van der Waals surface area contributed by atoms with E-state index in [0.717, 1.165) is 32.1 Å². The molecule has 0 radical (unpaired) electrons. The van der Waals surface area contributed by atoms with Crippen LogP contribution < -0.4 is 0 Å². The standard InChI is InChI=1S/C10H16O2/c1-8(11)3-2-4-9-5-6-10(12)7-9/h9H,2-7H2,1H3. The minimum absolute atomic E-state index is 0.263. The van der Waals surface area contributed by atoms with Crippen LogP contribution in [0.5, 0.6) is 0 Å². The number of Topliss-reactive ketones (excluding diaryl/α,β-unsaturated/α-hetero) is 2. The normalized spacial score (nSPS) is 23.1. The summed E-state index contributed by atoms with van der Waals surface area (Å²) in [5.74, 6) is 1.25. The first-order valence-electron chi connectivity index (χ1n) is 4.69. The predicted molar refractivity (Wildman–Crippen MR) is 46.9 cm³/mol.